The number of piperidine rings is 1. The lowest BCUT2D eigenvalue weighted by atomic mass is 9.54. The quantitative estimate of drug-likeness (QED) is 0.685. The van der Waals surface area contributed by atoms with Crippen LogP contribution < -0.4 is 10.6 Å². The highest BCUT2D eigenvalue weighted by Gasteiger charge is 2.55. The molecule has 6 rings (SSSR count). The van der Waals surface area contributed by atoms with E-state index in [-0.39, 0.29) is 34.9 Å². The van der Waals surface area contributed by atoms with Gasteiger partial charge in [-0.05, 0) is 62.8 Å². The van der Waals surface area contributed by atoms with Crippen LogP contribution in [-0.2, 0) is 9.59 Å². The molecule has 32 heavy (non-hydrogen) atoms. The average molecular weight is 433 g/mol. The average Bonchev–Trinajstić information content (AvgIpc) is 2.70. The molecule has 0 spiro atoms. The Morgan fingerprint density at radius 3 is 1.62 bits per heavy atom. The van der Waals surface area contributed by atoms with Crippen molar-refractivity contribution in [1.82, 2.24) is 10.6 Å². The van der Waals surface area contributed by atoms with E-state index in [4.69, 9.17) is 0 Å². The van der Waals surface area contributed by atoms with Gasteiger partial charge in [-0.2, -0.15) is 0 Å². The Morgan fingerprint density at radius 1 is 0.812 bits per heavy atom. The number of hydrogen-bond acceptors (Lipinski definition) is 3. The lowest BCUT2D eigenvalue weighted by Gasteiger charge is -2.50. The van der Waals surface area contributed by atoms with Gasteiger partial charge in [-0.1, -0.05) is 48.5 Å². The van der Waals surface area contributed by atoms with Gasteiger partial charge in [0.05, 0.1) is 11.8 Å². The second kappa shape index (κ2) is 7.17. The maximum Gasteiger partial charge on any atom is 0.308 e. The number of carboxylic acid groups (broad SMARTS) is 1. The summed E-state index contributed by atoms with van der Waals surface area (Å²) in [5.74, 6) is -2.96. The number of rotatable bonds is 3. The second-order valence-electron chi connectivity index (χ2n) is 11.1. The van der Waals surface area contributed by atoms with Crippen molar-refractivity contribution < 1.29 is 14.7 Å². The van der Waals surface area contributed by atoms with Gasteiger partial charge < -0.3 is 15.7 Å². The molecule has 5 nitrogen and oxygen atoms in total. The molecule has 3 N–H and O–H groups in total. The molecule has 0 saturated carbocycles. The summed E-state index contributed by atoms with van der Waals surface area (Å²) in [7, 11) is 0. The van der Waals surface area contributed by atoms with Crippen molar-refractivity contribution in [2.75, 3.05) is 0 Å². The van der Waals surface area contributed by atoms with Gasteiger partial charge >= 0.3 is 5.97 Å². The van der Waals surface area contributed by atoms with E-state index in [1.54, 1.807) is 0 Å². The van der Waals surface area contributed by atoms with E-state index in [9.17, 15) is 14.7 Å². The number of hydrogen-bond donors (Lipinski definition) is 3. The summed E-state index contributed by atoms with van der Waals surface area (Å²) in [4.78, 5) is 26.4. The number of fused-ring (bicyclic) bond motifs is 1. The number of carbonyl (C=O) groups excluding carboxylic acids is 1. The van der Waals surface area contributed by atoms with Crippen LogP contribution in [0.25, 0.3) is 0 Å². The number of benzene rings is 2. The molecule has 0 radical (unpaired) electrons. The van der Waals surface area contributed by atoms with E-state index in [1.807, 2.05) is 36.4 Å². The number of carboxylic acids is 1. The van der Waals surface area contributed by atoms with E-state index in [0.717, 1.165) is 35.1 Å². The third-order valence-corrected chi connectivity index (χ3v) is 7.56. The molecule has 2 atom stereocenters. The molecular weight excluding hydrogens is 400 g/mol. The summed E-state index contributed by atoms with van der Waals surface area (Å²) in [5, 5.41) is 17.3. The van der Waals surface area contributed by atoms with Gasteiger partial charge in [0.2, 0.25) is 5.91 Å². The number of nitrogens with one attached hydrogen (secondary N) is 2. The molecule has 0 unspecified atom stereocenters. The maximum atomic E-state index is 13.8. The first-order chi connectivity index (χ1) is 15.1. The fourth-order valence-corrected chi connectivity index (χ4v) is 7.01. The van der Waals surface area contributed by atoms with Crippen LogP contribution in [0.2, 0.25) is 0 Å². The van der Waals surface area contributed by atoms with Gasteiger partial charge in [-0.15, -0.1) is 0 Å². The number of amides is 1. The van der Waals surface area contributed by atoms with Crippen molar-refractivity contribution in [3.05, 3.63) is 70.8 Å². The van der Waals surface area contributed by atoms with Gasteiger partial charge in [0.25, 0.3) is 0 Å². The summed E-state index contributed by atoms with van der Waals surface area (Å²) >= 11 is 0. The molecule has 4 aliphatic rings. The molecule has 2 aromatic rings. The summed E-state index contributed by atoms with van der Waals surface area (Å²) < 4.78 is 0. The van der Waals surface area contributed by atoms with Gasteiger partial charge in [0.1, 0.15) is 0 Å². The number of carbonyl (C=O) groups is 2. The largest absolute Gasteiger partial charge is 0.481 e. The molecular formula is C27H32N2O3. The monoisotopic (exact) mass is 432 g/mol. The van der Waals surface area contributed by atoms with Crippen LogP contribution in [0.4, 0.5) is 0 Å². The standard InChI is InChI=1S/C27H32N2O3/c1-26(2)13-15(14-27(3,4)29-26)28-24(30)22-20-16-9-5-7-11-18(16)21(23(22)25(31)32)19-12-8-6-10-17(19)20/h5-12,15,20-23,29H,13-14H2,1-4H3,(H,28,30)(H,31,32)/t20?,21?,22-,23+/m0/s1. The van der Waals surface area contributed by atoms with Crippen LogP contribution in [-0.4, -0.2) is 34.1 Å². The van der Waals surface area contributed by atoms with Crippen LogP contribution >= 0.6 is 0 Å². The molecule has 0 aromatic heterocycles. The Bertz CT molecular complexity index is 1030. The Hall–Kier alpha value is -2.66. The molecule has 3 aliphatic carbocycles. The van der Waals surface area contributed by atoms with Crippen molar-refractivity contribution >= 4 is 11.9 Å². The Kier molecular flexibility index (Phi) is 4.75. The first kappa shape index (κ1) is 21.2. The van der Waals surface area contributed by atoms with Crippen LogP contribution in [0, 0.1) is 11.8 Å². The smallest absolute Gasteiger partial charge is 0.308 e. The van der Waals surface area contributed by atoms with Crippen molar-refractivity contribution in [1.29, 1.82) is 0 Å². The molecule has 168 valence electrons. The van der Waals surface area contributed by atoms with E-state index in [0.29, 0.717) is 0 Å². The Labute approximate surface area is 189 Å². The fourth-order valence-electron chi connectivity index (χ4n) is 7.01. The lowest BCUT2D eigenvalue weighted by Crippen LogP contribution is -2.63. The molecule has 2 aromatic carbocycles. The minimum absolute atomic E-state index is 0.00846. The topological polar surface area (TPSA) is 78.4 Å². The summed E-state index contributed by atoms with van der Waals surface area (Å²) in [6, 6.07) is 16.1. The first-order valence-electron chi connectivity index (χ1n) is 11.6. The van der Waals surface area contributed by atoms with Gasteiger partial charge in [0, 0.05) is 29.0 Å². The molecule has 1 amide bonds. The molecule has 1 fully saturated rings. The third-order valence-electron chi connectivity index (χ3n) is 7.56. The van der Waals surface area contributed by atoms with E-state index in [2.05, 4.69) is 50.5 Å². The SMILES string of the molecule is CC1(C)CC(NC(=O)[C@H]2C3c4ccccc4C(c4ccccc43)[C@H]2C(=O)O)CC(C)(C)N1. The van der Waals surface area contributed by atoms with Gasteiger partial charge in [0.15, 0.2) is 0 Å². The minimum Gasteiger partial charge on any atom is -0.481 e. The minimum atomic E-state index is -0.893. The van der Waals surface area contributed by atoms with Crippen LogP contribution in [0.1, 0.15) is 74.6 Å². The van der Waals surface area contributed by atoms with Crippen LogP contribution in [0.5, 0.6) is 0 Å². The van der Waals surface area contributed by atoms with Crippen LogP contribution in [0.15, 0.2) is 48.5 Å². The zero-order chi connectivity index (χ0) is 22.8. The fraction of sp³-hybridized carbons (Fsp3) is 0.481. The normalized spacial score (nSPS) is 29.6. The first-order valence-corrected chi connectivity index (χ1v) is 11.6. The predicted molar refractivity (Wildman–Crippen MR) is 124 cm³/mol. The molecule has 5 heteroatoms. The van der Waals surface area contributed by atoms with Crippen molar-refractivity contribution in [3.63, 3.8) is 0 Å². The molecule has 1 aliphatic heterocycles. The number of aliphatic carboxylic acids is 1. The summed E-state index contributed by atoms with van der Waals surface area (Å²) in [6.45, 7) is 8.62. The van der Waals surface area contributed by atoms with Crippen molar-refractivity contribution in [2.45, 2.75) is 69.5 Å². The molecule has 1 heterocycles. The van der Waals surface area contributed by atoms with Crippen LogP contribution in [0.3, 0.4) is 0 Å². The molecule has 1 saturated heterocycles. The van der Waals surface area contributed by atoms with Crippen molar-refractivity contribution in [2.24, 2.45) is 11.8 Å². The van der Waals surface area contributed by atoms with E-state index in [1.165, 1.54) is 0 Å². The molecule has 2 bridgehead atoms. The van der Waals surface area contributed by atoms with Gasteiger partial charge in [-0.25, -0.2) is 0 Å². The predicted octanol–water partition coefficient (Wildman–Crippen LogP) is 4.02. The summed E-state index contributed by atoms with van der Waals surface area (Å²) in [5.41, 5.74) is 4.10. The van der Waals surface area contributed by atoms with E-state index >= 15 is 0 Å². The Morgan fingerprint density at radius 2 is 1.22 bits per heavy atom. The second-order valence-corrected chi connectivity index (χ2v) is 11.1. The van der Waals surface area contributed by atoms with E-state index < -0.39 is 17.8 Å². The highest BCUT2D eigenvalue weighted by molar-refractivity contribution is 5.90. The lowest BCUT2D eigenvalue weighted by molar-refractivity contribution is -0.149. The zero-order valence-electron chi connectivity index (χ0n) is 19.2. The highest BCUT2D eigenvalue weighted by atomic mass is 16.4. The highest BCUT2D eigenvalue weighted by Crippen LogP contribution is 2.58. The maximum absolute atomic E-state index is 13.8. The van der Waals surface area contributed by atoms with Crippen molar-refractivity contribution in [3.8, 4) is 0 Å². The zero-order valence-corrected chi connectivity index (χ0v) is 19.2. The van der Waals surface area contributed by atoms with Gasteiger partial charge in [-0.3, -0.25) is 9.59 Å². The summed E-state index contributed by atoms with van der Waals surface area (Å²) in [6.07, 6.45) is 1.63. The third kappa shape index (κ3) is 3.34. The Balaban J connectivity index is 1.55.